The average molecular weight is 278 g/mol. The van der Waals surface area contributed by atoms with Crippen LogP contribution in [0.2, 0.25) is 0 Å². The maximum atomic E-state index is 11.4. The van der Waals surface area contributed by atoms with Gasteiger partial charge in [-0.1, -0.05) is 0 Å². The molecule has 1 aromatic rings. The third-order valence-electron chi connectivity index (χ3n) is 2.27. The zero-order valence-corrected chi connectivity index (χ0v) is 11.1. The third-order valence-corrected chi connectivity index (χ3v) is 2.27. The number of anilines is 1. The van der Waals surface area contributed by atoms with E-state index in [-0.39, 0.29) is 13.0 Å². The fourth-order valence-corrected chi connectivity index (χ4v) is 1.34. The minimum Gasteiger partial charge on any atom is -0.495 e. The quantitative estimate of drug-likeness (QED) is 0.782. The first-order valence-corrected chi connectivity index (χ1v) is 5.65. The number of carbonyl (C=O) groups is 2. The molecule has 0 radical (unpaired) electrons. The summed E-state index contributed by atoms with van der Waals surface area (Å²) >= 11 is 0. The summed E-state index contributed by atoms with van der Waals surface area (Å²) in [5, 5.41) is 11.0. The summed E-state index contributed by atoms with van der Waals surface area (Å²) in [5.41, 5.74) is 0.357. The number of carbonyl (C=O) groups excluding carboxylic acids is 2. The number of nitriles is 1. The largest absolute Gasteiger partial charge is 0.495 e. The standard InChI is InChI=1S/C13H14N2O5/c1-18-11-4-3-9(20-8-13(17)19-2)7-10(11)15-12(16)5-6-14/h3-4,7H,5,8H2,1-2H3,(H,15,16). The van der Waals surface area contributed by atoms with Crippen molar-refractivity contribution >= 4 is 17.6 Å². The lowest BCUT2D eigenvalue weighted by molar-refractivity contribution is -0.142. The second-order valence-corrected chi connectivity index (χ2v) is 3.61. The van der Waals surface area contributed by atoms with Crippen LogP contribution in [0.3, 0.4) is 0 Å². The smallest absolute Gasteiger partial charge is 0.343 e. The van der Waals surface area contributed by atoms with Crippen molar-refractivity contribution in [2.45, 2.75) is 6.42 Å². The molecule has 7 nitrogen and oxygen atoms in total. The summed E-state index contributed by atoms with van der Waals surface area (Å²) in [5.74, 6) is -0.197. The molecule has 0 heterocycles. The van der Waals surface area contributed by atoms with Crippen molar-refractivity contribution < 1.29 is 23.8 Å². The Morgan fingerprint density at radius 2 is 2.10 bits per heavy atom. The number of hydrogen-bond donors (Lipinski definition) is 1. The van der Waals surface area contributed by atoms with Crippen LogP contribution in [-0.4, -0.2) is 32.7 Å². The van der Waals surface area contributed by atoms with Gasteiger partial charge in [0, 0.05) is 6.07 Å². The van der Waals surface area contributed by atoms with Crippen LogP contribution in [0.25, 0.3) is 0 Å². The van der Waals surface area contributed by atoms with Crippen LogP contribution in [0.1, 0.15) is 6.42 Å². The molecule has 0 saturated heterocycles. The number of ether oxygens (including phenoxy) is 3. The highest BCUT2D eigenvalue weighted by Crippen LogP contribution is 2.29. The predicted molar refractivity (Wildman–Crippen MR) is 69.4 cm³/mol. The van der Waals surface area contributed by atoms with Crippen LogP contribution in [0.4, 0.5) is 5.69 Å². The van der Waals surface area contributed by atoms with Crippen LogP contribution in [0.15, 0.2) is 18.2 Å². The average Bonchev–Trinajstić information content (AvgIpc) is 2.45. The first-order valence-electron chi connectivity index (χ1n) is 5.65. The molecule has 1 amide bonds. The normalized spacial score (nSPS) is 9.25. The van der Waals surface area contributed by atoms with Crippen molar-refractivity contribution in [3.8, 4) is 17.6 Å². The first kappa shape index (κ1) is 15.3. The Balaban J connectivity index is 2.83. The molecule has 106 valence electrons. The molecule has 0 spiro atoms. The molecule has 0 bridgehead atoms. The van der Waals surface area contributed by atoms with Crippen molar-refractivity contribution in [3.05, 3.63) is 18.2 Å². The highest BCUT2D eigenvalue weighted by Gasteiger charge is 2.10. The van der Waals surface area contributed by atoms with Crippen LogP contribution < -0.4 is 14.8 Å². The van der Waals surface area contributed by atoms with E-state index in [4.69, 9.17) is 14.7 Å². The van der Waals surface area contributed by atoms with E-state index in [1.807, 2.05) is 0 Å². The van der Waals surface area contributed by atoms with Gasteiger partial charge in [0.25, 0.3) is 0 Å². The Kier molecular flexibility index (Phi) is 5.84. The molecule has 0 aliphatic rings. The van der Waals surface area contributed by atoms with Gasteiger partial charge in [-0.25, -0.2) is 4.79 Å². The number of esters is 1. The molecule has 20 heavy (non-hydrogen) atoms. The van der Waals surface area contributed by atoms with E-state index in [0.717, 1.165) is 0 Å². The van der Waals surface area contributed by atoms with Crippen LogP contribution in [0.5, 0.6) is 11.5 Å². The van der Waals surface area contributed by atoms with Crippen molar-refractivity contribution in [1.82, 2.24) is 0 Å². The minimum atomic E-state index is -0.518. The summed E-state index contributed by atoms with van der Waals surface area (Å²) in [6.07, 6.45) is -0.267. The number of methoxy groups -OCH3 is 2. The molecule has 1 N–H and O–H groups in total. The molecule has 0 saturated carbocycles. The molecule has 0 atom stereocenters. The monoisotopic (exact) mass is 278 g/mol. The summed E-state index contributed by atoms with van der Waals surface area (Å²) in [7, 11) is 2.71. The van der Waals surface area contributed by atoms with Crippen LogP contribution in [-0.2, 0) is 14.3 Å². The van der Waals surface area contributed by atoms with Crippen molar-refractivity contribution in [3.63, 3.8) is 0 Å². The van der Waals surface area contributed by atoms with Crippen LogP contribution >= 0.6 is 0 Å². The molecule has 1 rings (SSSR count). The van der Waals surface area contributed by atoms with Crippen molar-refractivity contribution in [2.24, 2.45) is 0 Å². The summed E-state index contributed by atoms with van der Waals surface area (Å²) in [4.78, 5) is 22.4. The molecule has 0 aromatic heterocycles. The van der Waals surface area contributed by atoms with Gasteiger partial charge in [0.1, 0.15) is 17.9 Å². The summed E-state index contributed by atoms with van der Waals surface area (Å²) in [6, 6.07) is 6.40. The van der Waals surface area contributed by atoms with Crippen molar-refractivity contribution in [2.75, 3.05) is 26.1 Å². The van der Waals surface area contributed by atoms with Gasteiger partial charge >= 0.3 is 5.97 Å². The number of nitrogens with one attached hydrogen (secondary N) is 1. The van der Waals surface area contributed by atoms with Gasteiger partial charge in [-0.2, -0.15) is 5.26 Å². The molecule has 0 aliphatic heterocycles. The van der Waals surface area contributed by atoms with Gasteiger partial charge < -0.3 is 19.5 Å². The second-order valence-electron chi connectivity index (χ2n) is 3.61. The predicted octanol–water partition coefficient (Wildman–Crippen LogP) is 1.10. The summed E-state index contributed by atoms with van der Waals surface area (Å²) < 4.78 is 14.7. The zero-order valence-electron chi connectivity index (χ0n) is 11.1. The van der Waals surface area contributed by atoms with Gasteiger partial charge in [-0.3, -0.25) is 4.79 Å². The number of rotatable bonds is 6. The summed E-state index contributed by atoms with van der Waals surface area (Å²) in [6.45, 7) is -0.242. The van der Waals surface area contributed by atoms with Gasteiger partial charge in [0.15, 0.2) is 6.61 Å². The molecular weight excluding hydrogens is 264 g/mol. The lowest BCUT2D eigenvalue weighted by Gasteiger charge is -2.11. The molecule has 7 heteroatoms. The number of amides is 1. The highest BCUT2D eigenvalue weighted by molar-refractivity contribution is 5.93. The Bertz CT molecular complexity index is 536. The maximum Gasteiger partial charge on any atom is 0.343 e. The van der Waals surface area contributed by atoms with Crippen LogP contribution in [0, 0.1) is 11.3 Å². The van der Waals surface area contributed by atoms with Gasteiger partial charge in [-0.15, -0.1) is 0 Å². The lowest BCUT2D eigenvalue weighted by Crippen LogP contribution is -2.13. The fourth-order valence-electron chi connectivity index (χ4n) is 1.34. The van der Waals surface area contributed by atoms with Gasteiger partial charge in [0.2, 0.25) is 5.91 Å². The second kappa shape index (κ2) is 7.63. The lowest BCUT2D eigenvalue weighted by atomic mass is 10.2. The number of benzene rings is 1. The maximum absolute atomic E-state index is 11.4. The topological polar surface area (TPSA) is 97.7 Å². The Hall–Kier alpha value is -2.75. The molecule has 0 fully saturated rings. The molecule has 1 aromatic carbocycles. The molecule has 0 unspecified atom stereocenters. The van der Waals surface area contributed by atoms with E-state index in [1.165, 1.54) is 20.3 Å². The first-order chi connectivity index (χ1) is 9.60. The van der Waals surface area contributed by atoms with Gasteiger partial charge in [-0.05, 0) is 12.1 Å². The SMILES string of the molecule is COC(=O)COc1ccc(OC)c(NC(=O)CC#N)c1. The van der Waals surface area contributed by atoms with E-state index in [9.17, 15) is 9.59 Å². The Labute approximate surface area is 116 Å². The van der Waals surface area contributed by atoms with E-state index >= 15 is 0 Å². The number of hydrogen-bond acceptors (Lipinski definition) is 6. The van der Waals surface area contributed by atoms with E-state index in [1.54, 1.807) is 18.2 Å². The van der Waals surface area contributed by atoms with Gasteiger partial charge in [0.05, 0.1) is 26.0 Å². The Morgan fingerprint density at radius 1 is 1.35 bits per heavy atom. The zero-order chi connectivity index (χ0) is 15.0. The molecule has 0 aliphatic carbocycles. The number of nitrogens with zero attached hydrogens (tertiary/aromatic N) is 1. The third kappa shape index (κ3) is 4.49. The Morgan fingerprint density at radius 3 is 2.70 bits per heavy atom. The van der Waals surface area contributed by atoms with Crippen molar-refractivity contribution in [1.29, 1.82) is 5.26 Å². The highest BCUT2D eigenvalue weighted by atomic mass is 16.6. The van der Waals surface area contributed by atoms with E-state index in [0.29, 0.717) is 17.2 Å². The van der Waals surface area contributed by atoms with E-state index < -0.39 is 11.9 Å². The fraction of sp³-hybridized carbons (Fsp3) is 0.308. The van der Waals surface area contributed by atoms with E-state index in [2.05, 4.69) is 10.1 Å². The minimum absolute atomic E-state index is 0.242. The molecular formula is C13H14N2O5.